The van der Waals surface area contributed by atoms with E-state index in [0.29, 0.717) is 31.5 Å². The van der Waals surface area contributed by atoms with Crippen LogP contribution in [0.3, 0.4) is 0 Å². The number of nitrogens with zero attached hydrogens (tertiary/aromatic N) is 1. The van der Waals surface area contributed by atoms with Gasteiger partial charge in [0.2, 0.25) is 0 Å². The Morgan fingerprint density at radius 1 is 0.960 bits per heavy atom. The topological polar surface area (TPSA) is 84.2 Å². The SMILES string of the molecule is C[C@H](C(O)c1ccc(O)c(O)c1)N1CCC(O)(c2ccccc2)CC1. The third-order valence-electron chi connectivity index (χ3n) is 5.31. The summed E-state index contributed by atoms with van der Waals surface area (Å²) < 4.78 is 0. The number of phenolic OH excluding ortho intramolecular Hbond substituents is 2. The van der Waals surface area contributed by atoms with Crippen molar-refractivity contribution >= 4 is 0 Å². The molecule has 1 saturated heterocycles. The molecular formula is C20H25NO4. The summed E-state index contributed by atoms with van der Waals surface area (Å²) in [5, 5.41) is 40.6. The highest BCUT2D eigenvalue weighted by Crippen LogP contribution is 2.35. The van der Waals surface area contributed by atoms with Crippen LogP contribution in [0.1, 0.15) is 37.0 Å². The van der Waals surface area contributed by atoms with Crippen LogP contribution >= 0.6 is 0 Å². The lowest BCUT2D eigenvalue weighted by atomic mass is 9.83. The number of phenols is 2. The van der Waals surface area contributed by atoms with Gasteiger partial charge in [-0.25, -0.2) is 0 Å². The predicted octanol–water partition coefficient (Wildman–Crippen LogP) is 2.50. The number of hydrogen-bond acceptors (Lipinski definition) is 5. The van der Waals surface area contributed by atoms with Crippen molar-refractivity contribution in [3.63, 3.8) is 0 Å². The minimum absolute atomic E-state index is 0.163. The molecule has 1 heterocycles. The number of aliphatic hydroxyl groups is 2. The maximum absolute atomic E-state index is 10.9. The van der Waals surface area contributed by atoms with Crippen LogP contribution in [0.4, 0.5) is 0 Å². The lowest BCUT2D eigenvalue weighted by Crippen LogP contribution is -2.47. The fraction of sp³-hybridized carbons (Fsp3) is 0.400. The van der Waals surface area contributed by atoms with E-state index in [-0.39, 0.29) is 17.5 Å². The summed E-state index contributed by atoms with van der Waals surface area (Å²) in [7, 11) is 0. The molecule has 0 aromatic heterocycles. The van der Waals surface area contributed by atoms with E-state index in [1.807, 2.05) is 37.3 Å². The Hall–Kier alpha value is -2.08. The molecule has 0 spiro atoms. The average molecular weight is 343 g/mol. The van der Waals surface area contributed by atoms with E-state index in [4.69, 9.17) is 0 Å². The molecule has 0 aliphatic carbocycles. The molecule has 2 aromatic rings. The Morgan fingerprint density at radius 3 is 2.20 bits per heavy atom. The first-order chi connectivity index (χ1) is 11.9. The summed E-state index contributed by atoms with van der Waals surface area (Å²) >= 11 is 0. The van der Waals surface area contributed by atoms with Gasteiger partial charge in [-0.1, -0.05) is 36.4 Å². The van der Waals surface area contributed by atoms with Crippen molar-refractivity contribution in [1.82, 2.24) is 4.90 Å². The highest BCUT2D eigenvalue weighted by molar-refractivity contribution is 5.41. The molecule has 1 aliphatic heterocycles. The molecular weight excluding hydrogens is 318 g/mol. The van der Waals surface area contributed by atoms with Crippen molar-refractivity contribution in [1.29, 1.82) is 0 Å². The molecule has 134 valence electrons. The smallest absolute Gasteiger partial charge is 0.157 e. The summed E-state index contributed by atoms with van der Waals surface area (Å²) in [5.41, 5.74) is 0.678. The van der Waals surface area contributed by atoms with Gasteiger partial charge in [-0.15, -0.1) is 0 Å². The van der Waals surface area contributed by atoms with Crippen molar-refractivity contribution < 1.29 is 20.4 Å². The van der Waals surface area contributed by atoms with E-state index in [2.05, 4.69) is 4.90 Å². The van der Waals surface area contributed by atoms with E-state index in [9.17, 15) is 20.4 Å². The van der Waals surface area contributed by atoms with Gasteiger partial charge in [-0.2, -0.15) is 0 Å². The van der Waals surface area contributed by atoms with Crippen molar-refractivity contribution in [2.24, 2.45) is 0 Å². The molecule has 1 fully saturated rings. The van der Waals surface area contributed by atoms with Crippen LogP contribution in [-0.2, 0) is 5.60 Å². The fourth-order valence-corrected chi connectivity index (χ4v) is 3.54. The number of benzene rings is 2. The van der Waals surface area contributed by atoms with Gasteiger partial charge in [-0.05, 0) is 43.0 Å². The molecule has 25 heavy (non-hydrogen) atoms. The lowest BCUT2D eigenvalue weighted by Gasteiger charge is -2.42. The minimum Gasteiger partial charge on any atom is -0.504 e. The van der Waals surface area contributed by atoms with Crippen LogP contribution in [0.15, 0.2) is 48.5 Å². The van der Waals surface area contributed by atoms with Crippen molar-refractivity contribution in [2.45, 2.75) is 37.5 Å². The minimum atomic E-state index is -0.820. The molecule has 3 rings (SSSR count). The highest BCUT2D eigenvalue weighted by atomic mass is 16.3. The summed E-state index contributed by atoms with van der Waals surface area (Å²) in [6, 6.07) is 13.9. The Balaban J connectivity index is 1.66. The van der Waals surface area contributed by atoms with Crippen LogP contribution in [0.25, 0.3) is 0 Å². The summed E-state index contributed by atoms with van der Waals surface area (Å²) in [5.74, 6) is -0.435. The molecule has 1 aliphatic rings. The molecule has 5 heteroatoms. The summed E-state index contributed by atoms with van der Waals surface area (Å²) in [4.78, 5) is 2.14. The van der Waals surface area contributed by atoms with Crippen molar-refractivity contribution in [2.75, 3.05) is 13.1 Å². The standard InChI is InChI=1S/C20H25NO4/c1-14(19(24)15-7-8-17(22)18(23)13-15)21-11-9-20(25,10-12-21)16-5-3-2-4-6-16/h2-8,13-14,19,22-25H,9-12H2,1H3/t14-,19?/m1/s1. The summed E-state index contributed by atoms with van der Waals surface area (Å²) in [6.07, 6.45) is 0.429. The van der Waals surface area contributed by atoms with E-state index in [0.717, 1.165) is 5.56 Å². The quantitative estimate of drug-likeness (QED) is 0.641. The zero-order valence-electron chi connectivity index (χ0n) is 14.3. The van der Waals surface area contributed by atoms with Gasteiger partial charge in [-0.3, -0.25) is 4.90 Å². The summed E-state index contributed by atoms with van der Waals surface area (Å²) in [6.45, 7) is 3.28. The highest BCUT2D eigenvalue weighted by Gasteiger charge is 2.36. The average Bonchev–Trinajstić information content (AvgIpc) is 2.64. The molecule has 4 N–H and O–H groups in total. The van der Waals surface area contributed by atoms with E-state index in [1.165, 1.54) is 12.1 Å². The number of hydrogen-bond donors (Lipinski definition) is 4. The largest absolute Gasteiger partial charge is 0.504 e. The molecule has 0 amide bonds. The Morgan fingerprint density at radius 2 is 1.60 bits per heavy atom. The van der Waals surface area contributed by atoms with Gasteiger partial charge in [0.05, 0.1) is 11.7 Å². The molecule has 5 nitrogen and oxygen atoms in total. The van der Waals surface area contributed by atoms with Gasteiger partial charge >= 0.3 is 0 Å². The number of aromatic hydroxyl groups is 2. The molecule has 2 atom stereocenters. The molecule has 1 unspecified atom stereocenters. The Bertz CT molecular complexity index is 711. The molecule has 2 aromatic carbocycles. The molecule has 0 bridgehead atoms. The van der Waals surface area contributed by atoms with E-state index in [1.54, 1.807) is 6.07 Å². The molecule has 0 saturated carbocycles. The number of rotatable bonds is 4. The van der Waals surface area contributed by atoms with E-state index >= 15 is 0 Å². The zero-order valence-corrected chi connectivity index (χ0v) is 14.3. The third-order valence-corrected chi connectivity index (χ3v) is 5.31. The lowest BCUT2D eigenvalue weighted by molar-refractivity contribution is -0.0501. The first-order valence-corrected chi connectivity index (χ1v) is 8.62. The van der Waals surface area contributed by atoms with Crippen LogP contribution in [0, 0.1) is 0 Å². The Kier molecular flexibility index (Phi) is 4.99. The van der Waals surface area contributed by atoms with Gasteiger partial charge in [0, 0.05) is 19.1 Å². The van der Waals surface area contributed by atoms with Crippen LogP contribution in [-0.4, -0.2) is 44.5 Å². The third kappa shape index (κ3) is 3.63. The van der Waals surface area contributed by atoms with Crippen molar-refractivity contribution in [3.8, 4) is 11.5 Å². The van der Waals surface area contributed by atoms with Crippen LogP contribution < -0.4 is 0 Å². The Labute approximate surface area is 147 Å². The van der Waals surface area contributed by atoms with Gasteiger partial charge in [0.1, 0.15) is 0 Å². The first-order valence-electron chi connectivity index (χ1n) is 8.62. The van der Waals surface area contributed by atoms with Gasteiger partial charge in [0.25, 0.3) is 0 Å². The second kappa shape index (κ2) is 7.04. The fourth-order valence-electron chi connectivity index (χ4n) is 3.54. The maximum atomic E-state index is 10.9. The van der Waals surface area contributed by atoms with Crippen LogP contribution in [0.5, 0.6) is 11.5 Å². The number of aliphatic hydroxyl groups excluding tert-OH is 1. The number of piperidine rings is 1. The first kappa shape index (κ1) is 17.7. The number of likely N-dealkylation sites (tertiary alicyclic amines) is 1. The monoisotopic (exact) mass is 343 g/mol. The second-order valence-corrected chi connectivity index (χ2v) is 6.87. The maximum Gasteiger partial charge on any atom is 0.157 e. The van der Waals surface area contributed by atoms with Crippen molar-refractivity contribution in [3.05, 3.63) is 59.7 Å². The second-order valence-electron chi connectivity index (χ2n) is 6.87. The predicted molar refractivity (Wildman–Crippen MR) is 95.3 cm³/mol. The van der Waals surface area contributed by atoms with Crippen LogP contribution in [0.2, 0.25) is 0 Å². The molecule has 0 radical (unpaired) electrons. The van der Waals surface area contributed by atoms with E-state index < -0.39 is 11.7 Å². The normalized spacial score (nSPS) is 20.1. The van der Waals surface area contributed by atoms with Gasteiger partial charge in [0.15, 0.2) is 11.5 Å². The zero-order chi connectivity index (χ0) is 18.0. The van der Waals surface area contributed by atoms with Gasteiger partial charge < -0.3 is 20.4 Å².